The monoisotopic (exact) mass is 412 g/mol. The number of carbonyl (C=O) groups excluding carboxylic acids is 1. The molecule has 3 rings (SSSR count). The summed E-state index contributed by atoms with van der Waals surface area (Å²) in [5.41, 5.74) is 2.28. The minimum atomic E-state index is -3.61. The van der Waals surface area contributed by atoms with Crippen molar-refractivity contribution in [2.45, 2.75) is 16.7 Å². The van der Waals surface area contributed by atoms with Gasteiger partial charge in [0.25, 0.3) is 10.0 Å². The van der Waals surface area contributed by atoms with Gasteiger partial charge in [0.05, 0.1) is 10.6 Å². The summed E-state index contributed by atoms with van der Waals surface area (Å²) in [5.74, 6) is 0.178. The van der Waals surface area contributed by atoms with Crippen LogP contribution in [0.3, 0.4) is 0 Å². The van der Waals surface area contributed by atoms with E-state index in [1.165, 1.54) is 11.8 Å². The number of nitrogens with one attached hydrogen (secondary N) is 2. The standard InChI is InChI=1S/C21H20N2O3S2/c1-16-7-5-6-10-20(16)22-21(24)15-27-18-13-11-17(12-14-18)23-28(25,26)19-8-3-2-4-9-19/h2-14,23H,15H2,1H3,(H,22,24). The second-order valence-corrected chi connectivity index (χ2v) is 8.83. The second kappa shape index (κ2) is 8.95. The van der Waals surface area contributed by atoms with Gasteiger partial charge in [-0.1, -0.05) is 36.4 Å². The number of anilines is 2. The number of sulfonamides is 1. The molecule has 0 spiro atoms. The zero-order valence-corrected chi connectivity index (χ0v) is 16.9. The highest BCUT2D eigenvalue weighted by Crippen LogP contribution is 2.23. The third-order valence-corrected chi connectivity index (χ3v) is 6.36. The number of aryl methyl sites for hydroxylation is 1. The van der Waals surface area contributed by atoms with Crippen LogP contribution in [0.25, 0.3) is 0 Å². The summed E-state index contributed by atoms with van der Waals surface area (Å²) in [6, 6.07) is 22.8. The summed E-state index contributed by atoms with van der Waals surface area (Å²) in [4.78, 5) is 13.2. The lowest BCUT2D eigenvalue weighted by Crippen LogP contribution is -2.14. The molecular formula is C21H20N2O3S2. The van der Waals surface area contributed by atoms with Gasteiger partial charge in [0.1, 0.15) is 0 Å². The van der Waals surface area contributed by atoms with Gasteiger partial charge in [-0.15, -0.1) is 11.8 Å². The first-order valence-corrected chi connectivity index (χ1v) is 11.1. The Bertz CT molecular complexity index is 1050. The molecule has 0 atom stereocenters. The average molecular weight is 413 g/mol. The van der Waals surface area contributed by atoms with Crippen molar-refractivity contribution in [2.24, 2.45) is 0 Å². The van der Waals surface area contributed by atoms with Crippen LogP contribution in [0, 0.1) is 6.92 Å². The molecule has 144 valence electrons. The number of amides is 1. The van der Waals surface area contributed by atoms with Gasteiger partial charge in [-0.3, -0.25) is 9.52 Å². The van der Waals surface area contributed by atoms with E-state index >= 15 is 0 Å². The van der Waals surface area contributed by atoms with Gasteiger partial charge in [0.2, 0.25) is 5.91 Å². The molecule has 0 fully saturated rings. The Morgan fingerprint density at radius 1 is 0.893 bits per heavy atom. The Hall–Kier alpha value is -2.77. The van der Waals surface area contributed by atoms with Crippen molar-refractivity contribution >= 4 is 39.1 Å². The molecule has 0 aliphatic carbocycles. The maximum Gasteiger partial charge on any atom is 0.261 e. The summed E-state index contributed by atoms with van der Waals surface area (Å²) in [6.07, 6.45) is 0. The molecule has 0 unspecified atom stereocenters. The fourth-order valence-corrected chi connectivity index (χ4v) is 4.26. The Morgan fingerprint density at radius 3 is 2.21 bits per heavy atom. The van der Waals surface area contributed by atoms with Crippen molar-refractivity contribution in [3.8, 4) is 0 Å². The largest absolute Gasteiger partial charge is 0.325 e. The van der Waals surface area contributed by atoms with Crippen LogP contribution in [0.1, 0.15) is 5.56 Å². The first kappa shape index (κ1) is 20.0. The van der Waals surface area contributed by atoms with Crippen LogP contribution in [0.5, 0.6) is 0 Å². The molecule has 1 amide bonds. The van der Waals surface area contributed by atoms with Crippen molar-refractivity contribution < 1.29 is 13.2 Å². The fourth-order valence-electron chi connectivity index (χ4n) is 2.48. The van der Waals surface area contributed by atoms with E-state index < -0.39 is 10.0 Å². The van der Waals surface area contributed by atoms with Crippen LogP contribution in [-0.2, 0) is 14.8 Å². The molecule has 0 aliphatic rings. The first-order valence-electron chi connectivity index (χ1n) is 8.60. The van der Waals surface area contributed by atoms with Crippen LogP contribution in [-0.4, -0.2) is 20.1 Å². The van der Waals surface area contributed by atoms with Gasteiger partial charge in [0.15, 0.2) is 0 Å². The van der Waals surface area contributed by atoms with Crippen molar-refractivity contribution in [1.29, 1.82) is 0 Å². The number of para-hydroxylation sites is 1. The van der Waals surface area contributed by atoms with Crippen LogP contribution in [0.2, 0.25) is 0 Å². The smallest absolute Gasteiger partial charge is 0.261 e. The Kier molecular flexibility index (Phi) is 6.38. The quantitative estimate of drug-likeness (QED) is 0.559. The zero-order chi connectivity index (χ0) is 20.0. The molecule has 5 nitrogen and oxygen atoms in total. The third kappa shape index (κ3) is 5.37. The number of hydrogen-bond donors (Lipinski definition) is 2. The normalized spacial score (nSPS) is 11.0. The highest BCUT2D eigenvalue weighted by Gasteiger charge is 2.13. The Balaban J connectivity index is 1.56. The number of benzene rings is 3. The van der Waals surface area contributed by atoms with Gasteiger partial charge in [-0.2, -0.15) is 0 Å². The minimum Gasteiger partial charge on any atom is -0.325 e. The van der Waals surface area contributed by atoms with Crippen LogP contribution in [0.15, 0.2) is 88.7 Å². The van der Waals surface area contributed by atoms with E-state index in [0.717, 1.165) is 16.1 Å². The third-order valence-electron chi connectivity index (χ3n) is 3.95. The maximum atomic E-state index is 12.3. The van der Waals surface area contributed by atoms with E-state index in [1.54, 1.807) is 54.6 Å². The average Bonchev–Trinajstić information content (AvgIpc) is 2.70. The minimum absolute atomic E-state index is 0.0897. The Morgan fingerprint density at radius 2 is 1.54 bits per heavy atom. The molecule has 0 aliphatic heterocycles. The molecular weight excluding hydrogens is 392 g/mol. The molecule has 3 aromatic carbocycles. The molecule has 0 saturated carbocycles. The van der Waals surface area contributed by atoms with E-state index in [4.69, 9.17) is 0 Å². The molecule has 0 heterocycles. The molecule has 0 saturated heterocycles. The van der Waals surface area contributed by atoms with Gasteiger partial charge < -0.3 is 5.32 Å². The number of rotatable bonds is 7. The highest BCUT2D eigenvalue weighted by atomic mass is 32.2. The number of carbonyl (C=O) groups is 1. The van der Waals surface area contributed by atoms with Gasteiger partial charge >= 0.3 is 0 Å². The summed E-state index contributed by atoms with van der Waals surface area (Å²) in [5, 5.41) is 2.89. The molecule has 2 N–H and O–H groups in total. The van der Waals surface area contributed by atoms with E-state index in [9.17, 15) is 13.2 Å². The topological polar surface area (TPSA) is 75.3 Å². The summed E-state index contributed by atoms with van der Waals surface area (Å²) in [6.45, 7) is 1.94. The lowest BCUT2D eigenvalue weighted by Gasteiger charge is -2.09. The lowest BCUT2D eigenvalue weighted by atomic mass is 10.2. The predicted molar refractivity (Wildman–Crippen MR) is 114 cm³/mol. The maximum absolute atomic E-state index is 12.3. The summed E-state index contributed by atoms with van der Waals surface area (Å²) in [7, 11) is -3.61. The lowest BCUT2D eigenvalue weighted by molar-refractivity contribution is -0.113. The van der Waals surface area contributed by atoms with E-state index in [1.807, 2.05) is 31.2 Å². The van der Waals surface area contributed by atoms with Crippen LogP contribution >= 0.6 is 11.8 Å². The predicted octanol–water partition coefficient (Wildman–Crippen LogP) is 4.53. The molecule has 3 aromatic rings. The first-order chi connectivity index (χ1) is 13.4. The molecule has 7 heteroatoms. The second-order valence-electron chi connectivity index (χ2n) is 6.09. The van der Waals surface area contributed by atoms with Crippen molar-refractivity contribution in [3.05, 3.63) is 84.4 Å². The zero-order valence-electron chi connectivity index (χ0n) is 15.3. The highest BCUT2D eigenvalue weighted by molar-refractivity contribution is 8.00. The van der Waals surface area contributed by atoms with Crippen LogP contribution in [0.4, 0.5) is 11.4 Å². The molecule has 28 heavy (non-hydrogen) atoms. The van der Waals surface area contributed by atoms with E-state index in [0.29, 0.717) is 5.69 Å². The number of thioether (sulfide) groups is 1. The van der Waals surface area contributed by atoms with E-state index in [-0.39, 0.29) is 16.6 Å². The van der Waals surface area contributed by atoms with Gasteiger partial charge in [0, 0.05) is 16.3 Å². The Labute approximate surface area is 169 Å². The summed E-state index contributed by atoms with van der Waals surface area (Å²) < 4.78 is 27.2. The molecule has 0 aromatic heterocycles. The molecule has 0 radical (unpaired) electrons. The van der Waals surface area contributed by atoms with E-state index in [2.05, 4.69) is 10.0 Å². The van der Waals surface area contributed by atoms with Crippen LogP contribution < -0.4 is 10.0 Å². The summed E-state index contributed by atoms with van der Waals surface area (Å²) >= 11 is 1.39. The van der Waals surface area contributed by atoms with Crippen molar-refractivity contribution in [1.82, 2.24) is 0 Å². The molecule has 0 bridgehead atoms. The fraction of sp³-hybridized carbons (Fsp3) is 0.0952. The SMILES string of the molecule is Cc1ccccc1NC(=O)CSc1ccc(NS(=O)(=O)c2ccccc2)cc1. The van der Waals surface area contributed by atoms with Crippen molar-refractivity contribution in [3.63, 3.8) is 0 Å². The van der Waals surface area contributed by atoms with Crippen molar-refractivity contribution in [2.75, 3.05) is 15.8 Å². The number of hydrogen-bond acceptors (Lipinski definition) is 4. The van der Waals surface area contributed by atoms with Gasteiger partial charge in [-0.25, -0.2) is 8.42 Å². The van der Waals surface area contributed by atoms with Gasteiger partial charge in [-0.05, 0) is 55.0 Å².